The Morgan fingerprint density at radius 2 is 1.95 bits per heavy atom. The van der Waals surface area contributed by atoms with E-state index >= 15 is 0 Å². The first-order chi connectivity index (χ1) is 10.2. The Labute approximate surface area is 123 Å². The monoisotopic (exact) mass is 286 g/mol. The molecule has 0 spiro atoms. The second-order valence-corrected chi connectivity index (χ2v) is 4.43. The third kappa shape index (κ3) is 4.20. The van der Waals surface area contributed by atoms with Crippen LogP contribution in [-0.4, -0.2) is 31.8 Å². The van der Waals surface area contributed by atoms with E-state index in [-0.39, 0.29) is 12.5 Å². The van der Waals surface area contributed by atoms with Crippen LogP contribution in [0.15, 0.2) is 35.4 Å². The fraction of sp³-hybridized carbons (Fsp3) is 0.357. The predicted octanol–water partition coefficient (Wildman–Crippen LogP) is 1.63. The van der Waals surface area contributed by atoms with E-state index in [1.54, 1.807) is 0 Å². The van der Waals surface area contributed by atoms with Crippen molar-refractivity contribution in [2.24, 2.45) is 5.10 Å². The highest BCUT2D eigenvalue weighted by molar-refractivity contribution is 5.85. The van der Waals surface area contributed by atoms with Crippen LogP contribution in [0.25, 0.3) is 11.4 Å². The van der Waals surface area contributed by atoms with Gasteiger partial charge >= 0.3 is 0 Å². The SMILES string of the molecule is CCC(CC)=NNC(=O)Cn1nnc(-c2ccccc2)n1. The maximum absolute atomic E-state index is 11.7. The van der Waals surface area contributed by atoms with Crippen LogP contribution in [0.2, 0.25) is 0 Å². The number of amides is 1. The van der Waals surface area contributed by atoms with Crippen molar-refractivity contribution < 1.29 is 4.79 Å². The van der Waals surface area contributed by atoms with Crippen LogP contribution < -0.4 is 5.43 Å². The number of rotatable bonds is 6. The summed E-state index contributed by atoms with van der Waals surface area (Å²) >= 11 is 0. The lowest BCUT2D eigenvalue weighted by Gasteiger charge is -2.01. The van der Waals surface area contributed by atoms with Gasteiger partial charge in [0, 0.05) is 11.3 Å². The molecule has 1 aromatic carbocycles. The summed E-state index contributed by atoms with van der Waals surface area (Å²) in [5, 5.41) is 16.0. The molecule has 0 fully saturated rings. The topological polar surface area (TPSA) is 85.1 Å². The number of carbonyl (C=O) groups excluding carboxylic acids is 1. The third-order valence-electron chi connectivity index (χ3n) is 2.92. The van der Waals surface area contributed by atoms with Crippen LogP contribution in [-0.2, 0) is 11.3 Å². The summed E-state index contributed by atoms with van der Waals surface area (Å²) in [6, 6.07) is 9.49. The lowest BCUT2D eigenvalue weighted by Crippen LogP contribution is -2.25. The van der Waals surface area contributed by atoms with E-state index in [0.29, 0.717) is 5.82 Å². The summed E-state index contributed by atoms with van der Waals surface area (Å²) in [5.41, 5.74) is 4.31. The number of tetrazole rings is 1. The molecule has 0 radical (unpaired) electrons. The third-order valence-corrected chi connectivity index (χ3v) is 2.92. The van der Waals surface area contributed by atoms with E-state index in [0.717, 1.165) is 24.1 Å². The standard InChI is InChI=1S/C14H18N6O/c1-3-12(4-2)15-16-13(21)10-20-18-14(17-19-20)11-8-6-5-7-9-11/h5-9H,3-4,10H2,1-2H3,(H,16,21). The molecule has 1 amide bonds. The van der Waals surface area contributed by atoms with Crippen molar-refractivity contribution in [3.8, 4) is 11.4 Å². The van der Waals surface area contributed by atoms with Gasteiger partial charge in [-0.1, -0.05) is 44.2 Å². The number of nitrogens with zero attached hydrogens (tertiary/aromatic N) is 5. The molecule has 0 unspecified atom stereocenters. The van der Waals surface area contributed by atoms with E-state index in [1.807, 2.05) is 44.2 Å². The van der Waals surface area contributed by atoms with Crippen molar-refractivity contribution in [2.75, 3.05) is 0 Å². The molecule has 0 aliphatic rings. The van der Waals surface area contributed by atoms with Crippen LogP contribution in [0.4, 0.5) is 0 Å². The number of aromatic nitrogens is 4. The van der Waals surface area contributed by atoms with Gasteiger partial charge in [0.2, 0.25) is 5.82 Å². The Hall–Kier alpha value is -2.57. The summed E-state index contributed by atoms with van der Waals surface area (Å²) < 4.78 is 0. The minimum atomic E-state index is -0.272. The van der Waals surface area contributed by atoms with Crippen molar-refractivity contribution in [3.05, 3.63) is 30.3 Å². The Morgan fingerprint density at radius 3 is 2.62 bits per heavy atom. The molecule has 1 N–H and O–H groups in total. The van der Waals surface area contributed by atoms with Gasteiger partial charge in [-0.3, -0.25) is 4.79 Å². The van der Waals surface area contributed by atoms with E-state index in [2.05, 4.69) is 25.9 Å². The van der Waals surface area contributed by atoms with Crippen molar-refractivity contribution in [1.29, 1.82) is 0 Å². The summed E-state index contributed by atoms with van der Waals surface area (Å²) in [7, 11) is 0. The Bertz CT molecular complexity index is 613. The van der Waals surface area contributed by atoms with Gasteiger partial charge in [-0.05, 0) is 18.1 Å². The Morgan fingerprint density at radius 1 is 1.24 bits per heavy atom. The van der Waals surface area contributed by atoms with Crippen molar-refractivity contribution >= 4 is 11.6 Å². The minimum absolute atomic E-state index is 0.00988. The molecule has 21 heavy (non-hydrogen) atoms. The van der Waals surface area contributed by atoms with Crippen molar-refractivity contribution in [1.82, 2.24) is 25.6 Å². The van der Waals surface area contributed by atoms with Crippen LogP contribution in [0, 0.1) is 0 Å². The molecule has 7 nitrogen and oxygen atoms in total. The molecule has 2 aromatic rings. The molecule has 1 heterocycles. The molecule has 0 saturated carbocycles. The van der Waals surface area contributed by atoms with Crippen molar-refractivity contribution in [3.63, 3.8) is 0 Å². The van der Waals surface area contributed by atoms with E-state index in [9.17, 15) is 4.79 Å². The highest BCUT2D eigenvalue weighted by atomic mass is 16.2. The average molecular weight is 286 g/mol. The number of benzene rings is 1. The Balaban J connectivity index is 1.97. The molecule has 1 aromatic heterocycles. The largest absolute Gasteiger partial charge is 0.271 e. The molecule has 0 bridgehead atoms. The zero-order chi connectivity index (χ0) is 15.1. The minimum Gasteiger partial charge on any atom is -0.271 e. The second-order valence-electron chi connectivity index (χ2n) is 4.43. The van der Waals surface area contributed by atoms with E-state index in [1.165, 1.54) is 4.80 Å². The first-order valence-corrected chi connectivity index (χ1v) is 6.90. The number of nitrogens with one attached hydrogen (secondary N) is 1. The Kier molecular flexibility index (Phi) is 5.14. The number of hydrazone groups is 1. The summed E-state index contributed by atoms with van der Waals surface area (Å²) in [6.07, 6.45) is 1.63. The van der Waals surface area contributed by atoms with Gasteiger partial charge in [0.1, 0.15) is 6.54 Å². The number of hydrogen-bond acceptors (Lipinski definition) is 5. The maximum atomic E-state index is 11.7. The number of carbonyl (C=O) groups is 1. The molecule has 0 aliphatic heterocycles. The van der Waals surface area contributed by atoms with Crippen LogP contribution in [0.1, 0.15) is 26.7 Å². The number of hydrogen-bond donors (Lipinski definition) is 1. The van der Waals surface area contributed by atoms with Crippen LogP contribution in [0.3, 0.4) is 0 Å². The van der Waals surface area contributed by atoms with E-state index < -0.39 is 0 Å². The molecular weight excluding hydrogens is 268 g/mol. The first-order valence-electron chi connectivity index (χ1n) is 6.90. The van der Waals surface area contributed by atoms with Crippen molar-refractivity contribution in [2.45, 2.75) is 33.2 Å². The quantitative estimate of drug-likeness (QED) is 0.646. The van der Waals surface area contributed by atoms with Gasteiger partial charge in [-0.2, -0.15) is 9.90 Å². The van der Waals surface area contributed by atoms with Crippen LogP contribution >= 0.6 is 0 Å². The van der Waals surface area contributed by atoms with Gasteiger partial charge < -0.3 is 0 Å². The summed E-state index contributed by atoms with van der Waals surface area (Å²) in [4.78, 5) is 13.0. The van der Waals surface area contributed by atoms with Gasteiger partial charge in [0.25, 0.3) is 5.91 Å². The molecule has 0 atom stereocenters. The van der Waals surface area contributed by atoms with Gasteiger partial charge in [-0.25, -0.2) is 5.43 Å². The molecule has 2 rings (SSSR count). The second kappa shape index (κ2) is 7.28. The molecule has 7 heteroatoms. The van der Waals surface area contributed by atoms with Crippen LogP contribution in [0.5, 0.6) is 0 Å². The highest BCUT2D eigenvalue weighted by Gasteiger charge is 2.08. The highest BCUT2D eigenvalue weighted by Crippen LogP contribution is 2.11. The lowest BCUT2D eigenvalue weighted by molar-refractivity contribution is -0.122. The molecule has 0 saturated heterocycles. The van der Waals surface area contributed by atoms with Gasteiger partial charge in [-0.15, -0.1) is 10.2 Å². The predicted molar refractivity (Wildman–Crippen MR) is 79.4 cm³/mol. The fourth-order valence-electron chi connectivity index (χ4n) is 1.73. The van der Waals surface area contributed by atoms with Gasteiger partial charge in [0.05, 0.1) is 0 Å². The first kappa shape index (κ1) is 14.8. The smallest absolute Gasteiger partial charge is 0.263 e. The fourth-order valence-corrected chi connectivity index (χ4v) is 1.73. The molecule has 0 aliphatic carbocycles. The summed E-state index contributed by atoms with van der Waals surface area (Å²) in [5.74, 6) is 0.223. The zero-order valence-corrected chi connectivity index (χ0v) is 12.2. The zero-order valence-electron chi connectivity index (χ0n) is 12.2. The average Bonchev–Trinajstić information content (AvgIpc) is 2.97. The lowest BCUT2D eigenvalue weighted by atomic mass is 10.2. The maximum Gasteiger partial charge on any atom is 0.263 e. The van der Waals surface area contributed by atoms with Gasteiger partial charge in [0.15, 0.2) is 0 Å². The molecule has 110 valence electrons. The summed E-state index contributed by atoms with van der Waals surface area (Å²) in [6.45, 7) is 3.99. The normalized spacial score (nSPS) is 10.2. The van der Waals surface area contributed by atoms with E-state index in [4.69, 9.17) is 0 Å². The molecular formula is C14H18N6O.